The van der Waals surface area contributed by atoms with E-state index in [1.165, 1.54) is 16.7 Å². The zero-order valence-electron chi connectivity index (χ0n) is 12.0. The van der Waals surface area contributed by atoms with Crippen LogP contribution in [0.15, 0.2) is 41.0 Å². The van der Waals surface area contributed by atoms with Crippen LogP contribution >= 0.6 is 23.1 Å². The number of pyridine rings is 1. The molecule has 2 aliphatic heterocycles. The number of carboxylic acids is 1. The van der Waals surface area contributed by atoms with Crippen molar-refractivity contribution in [1.82, 2.24) is 4.90 Å². The highest BCUT2D eigenvalue weighted by Crippen LogP contribution is 2.39. The number of thiophene rings is 1. The molecule has 8 heteroatoms. The van der Waals surface area contributed by atoms with Gasteiger partial charge in [-0.1, -0.05) is 11.3 Å². The smallest absolute Gasteiger partial charge is 0.352 e. The number of carbonyl (C=O) groups is 2. The maximum absolute atomic E-state index is 12.0. The highest BCUT2D eigenvalue weighted by atomic mass is 32.2. The zero-order chi connectivity index (χ0) is 16.1. The van der Waals surface area contributed by atoms with E-state index in [0.29, 0.717) is 12.3 Å². The standard InChI is InChI=1S/C15H13N3O3S2/c16-10-12(19)18-11(15(20)21)9(7-23-14(10)18)6-17-4-1-2-8-3-5-22-13(8)17/h1-5,10,14H,6-7,16H2/p+1/t10?,14-/m0/s1. The van der Waals surface area contributed by atoms with Crippen molar-refractivity contribution in [3.05, 3.63) is 41.0 Å². The van der Waals surface area contributed by atoms with E-state index < -0.39 is 12.0 Å². The predicted octanol–water partition coefficient (Wildman–Crippen LogP) is 0.770. The molecule has 118 valence electrons. The SMILES string of the molecule is NC1C(=O)N2C(C(=O)O)=C(C[n+]3cccc4ccsc43)CS[C@@H]12. The van der Waals surface area contributed by atoms with E-state index in [2.05, 4.69) is 0 Å². The van der Waals surface area contributed by atoms with Gasteiger partial charge in [0.1, 0.15) is 17.1 Å². The van der Waals surface area contributed by atoms with E-state index in [1.807, 2.05) is 34.3 Å². The molecule has 2 aliphatic rings. The minimum Gasteiger partial charge on any atom is -0.477 e. The number of β-lactam (4-membered cyclic amide) rings is 1. The highest BCUT2D eigenvalue weighted by molar-refractivity contribution is 8.00. The second-order valence-corrected chi connectivity index (χ2v) is 7.51. The molecule has 4 rings (SSSR count). The Bertz CT molecular complexity index is 861. The van der Waals surface area contributed by atoms with Crippen LogP contribution in [-0.2, 0) is 16.1 Å². The fraction of sp³-hybridized carbons (Fsp3) is 0.267. The van der Waals surface area contributed by atoms with E-state index in [-0.39, 0.29) is 17.0 Å². The summed E-state index contributed by atoms with van der Waals surface area (Å²) in [5, 5.41) is 12.5. The Morgan fingerprint density at radius 2 is 2.30 bits per heavy atom. The van der Waals surface area contributed by atoms with Gasteiger partial charge in [-0.2, -0.15) is 4.57 Å². The maximum Gasteiger partial charge on any atom is 0.352 e. The van der Waals surface area contributed by atoms with Crippen LogP contribution < -0.4 is 10.3 Å². The van der Waals surface area contributed by atoms with Gasteiger partial charge in [0.2, 0.25) is 5.91 Å². The van der Waals surface area contributed by atoms with Crippen molar-refractivity contribution in [1.29, 1.82) is 0 Å². The number of aliphatic carboxylic acids is 1. The third kappa shape index (κ3) is 2.17. The van der Waals surface area contributed by atoms with Crippen LogP contribution in [-0.4, -0.2) is 39.1 Å². The molecule has 2 aromatic rings. The molecule has 3 N–H and O–H groups in total. The fourth-order valence-electron chi connectivity index (χ4n) is 3.02. The average Bonchev–Trinajstić information content (AvgIpc) is 3.03. The van der Waals surface area contributed by atoms with Crippen LogP contribution in [0.1, 0.15) is 0 Å². The second kappa shape index (κ2) is 5.33. The van der Waals surface area contributed by atoms with Crippen LogP contribution in [0.5, 0.6) is 0 Å². The van der Waals surface area contributed by atoms with E-state index >= 15 is 0 Å². The Hall–Kier alpha value is -1.90. The van der Waals surface area contributed by atoms with Crippen molar-refractivity contribution in [2.24, 2.45) is 5.73 Å². The summed E-state index contributed by atoms with van der Waals surface area (Å²) in [5.41, 5.74) is 6.61. The van der Waals surface area contributed by atoms with Gasteiger partial charge in [-0.15, -0.1) is 11.8 Å². The molecule has 1 amide bonds. The van der Waals surface area contributed by atoms with Gasteiger partial charge in [0.05, 0.1) is 5.39 Å². The molecule has 0 spiro atoms. The van der Waals surface area contributed by atoms with Gasteiger partial charge in [0.15, 0.2) is 12.7 Å². The molecule has 1 saturated heterocycles. The molecule has 4 heterocycles. The van der Waals surface area contributed by atoms with Gasteiger partial charge in [0, 0.05) is 17.4 Å². The van der Waals surface area contributed by atoms with Crippen molar-refractivity contribution >= 4 is 45.2 Å². The first-order valence-corrected chi connectivity index (χ1v) is 9.02. The lowest BCUT2D eigenvalue weighted by atomic mass is 10.0. The van der Waals surface area contributed by atoms with Crippen molar-refractivity contribution < 1.29 is 19.3 Å². The minimum absolute atomic E-state index is 0.0986. The van der Waals surface area contributed by atoms with Gasteiger partial charge in [0.25, 0.3) is 4.83 Å². The monoisotopic (exact) mass is 348 g/mol. The molecule has 0 radical (unpaired) electrons. The lowest BCUT2D eigenvalue weighted by molar-refractivity contribution is -0.661. The first-order valence-electron chi connectivity index (χ1n) is 7.09. The fourth-order valence-corrected chi connectivity index (χ4v) is 5.18. The van der Waals surface area contributed by atoms with Crippen molar-refractivity contribution in [3.63, 3.8) is 0 Å². The molecular formula is C15H14N3O3S2+. The van der Waals surface area contributed by atoms with E-state index in [0.717, 1.165) is 15.8 Å². The summed E-state index contributed by atoms with van der Waals surface area (Å²) in [6.45, 7) is 0.457. The van der Waals surface area contributed by atoms with Crippen molar-refractivity contribution in [2.45, 2.75) is 18.0 Å². The number of aromatic nitrogens is 1. The third-order valence-corrected chi connectivity index (χ3v) is 6.46. The number of hydrogen-bond acceptors (Lipinski definition) is 5. The predicted molar refractivity (Wildman–Crippen MR) is 87.7 cm³/mol. The molecule has 6 nitrogen and oxygen atoms in total. The second-order valence-electron chi connectivity index (χ2n) is 5.51. The molecule has 0 aromatic carbocycles. The number of rotatable bonds is 3. The van der Waals surface area contributed by atoms with E-state index in [1.54, 1.807) is 11.3 Å². The normalized spacial score (nSPS) is 23.9. The number of hydrogen-bond donors (Lipinski definition) is 2. The summed E-state index contributed by atoms with van der Waals surface area (Å²) in [6.07, 6.45) is 1.94. The van der Waals surface area contributed by atoms with Crippen molar-refractivity contribution in [2.75, 3.05) is 5.75 Å². The van der Waals surface area contributed by atoms with E-state index in [9.17, 15) is 14.7 Å². The quantitative estimate of drug-likeness (QED) is 0.632. The van der Waals surface area contributed by atoms with Gasteiger partial charge < -0.3 is 10.8 Å². The number of amides is 1. The minimum atomic E-state index is -1.07. The summed E-state index contributed by atoms with van der Waals surface area (Å²) in [5.74, 6) is -0.806. The molecule has 1 fully saturated rings. The van der Waals surface area contributed by atoms with Crippen LogP contribution in [0.3, 0.4) is 0 Å². The Morgan fingerprint density at radius 3 is 3.09 bits per heavy atom. The molecule has 2 atom stereocenters. The molecule has 0 saturated carbocycles. The molecule has 2 aromatic heterocycles. The van der Waals surface area contributed by atoms with Gasteiger partial charge in [-0.25, -0.2) is 4.79 Å². The topological polar surface area (TPSA) is 87.5 Å². The number of nitrogens with two attached hydrogens (primary N) is 1. The molecule has 0 aliphatic carbocycles. The van der Waals surface area contributed by atoms with Crippen LogP contribution in [0.25, 0.3) is 10.2 Å². The summed E-state index contributed by atoms with van der Waals surface area (Å²) in [7, 11) is 0. The number of nitrogens with zero attached hydrogens (tertiary/aromatic N) is 2. The van der Waals surface area contributed by atoms with Gasteiger partial charge in [-0.05, 0) is 17.5 Å². The zero-order valence-corrected chi connectivity index (χ0v) is 13.6. The summed E-state index contributed by atoms with van der Waals surface area (Å²) >= 11 is 3.14. The largest absolute Gasteiger partial charge is 0.477 e. The number of thioether (sulfide) groups is 1. The van der Waals surface area contributed by atoms with Crippen LogP contribution in [0.4, 0.5) is 0 Å². The Labute approximate surface area is 140 Å². The number of carboxylic acid groups (broad SMARTS) is 1. The lowest BCUT2D eigenvalue weighted by Crippen LogP contribution is -2.68. The Balaban J connectivity index is 1.76. The Kier molecular flexibility index (Phi) is 3.40. The van der Waals surface area contributed by atoms with Crippen LogP contribution in [0.2, 0.25) is 0 Å². The van der Waals surface area contributed by atoms with Gasteiger partial charge >= 0.3 is 5.97 Å². The third-order valence-electron chi connectivity index (χ3n) is 4.13. The molecular weight excluding hydrogens is 334 g/mol. The average molecular weight is 348 g/mol. The van der Waals surface area contributed by atoms with E-state index in [4.69, 9.17) is 5.73 Å². The van der Waals surface area contributed by atoms with Crippen LogP contribution in [0, 0.1) is 0 Å². The molecule has 1 unspecified atom stereocenters. The van der Waals surface area contributed by atoms with Crippen molar-refractivity contribution in [3.8, 4) is 0 Å². The molecule has 0 bridgehead atoms. The summed E-state index contributed by atoms with van der Waals surface area (Å²) < 4.78 is 2.03. The van der Waals surface area contributed by atoms with Gasteiger partial charge in [-0.3, -0.25) is 9.69 Å². The maximum atomic E-state index is 12.0. The summed E-state index contributed by atoms with van der Waals surface area (Å²) in [6, 6.07) is 5.41. The number of carbonyl (C=O) groups excluding carboxylic acids is 1. The first kappa shape index (κ1) is 14.7. The Morgan fingerprint density at radius 1 is 1.48 bits per heavy atom. The molecule has 23 heavy (non-hydrogen) atoms. The highest BCUT2D eigenvalue weighted by Gasteiger charge is 2.52. The first-order chi connectivity index (χ1) is 11.1. The summed E-state index contributed by atoms with van der Waals surface area (Å²) in [4.78, 5) is 26.1. The number of fused-ring (bicyclic) bond motifs is 2. The lowest BCUT2D eigenvalue weighted by Gasteiger charge is -2.47.